The van der Waals surface area contributed by atoms with E-state index in [9.17, 15) is 0 Å². The van der Waals surface area contributed by atoms with Crippen LogP contribution in [0.1, 0.15) is 5.01 Å². The summed E-state index contributed by atoms with van der Waals surface area (Å²) < 4.78 is 10.2. The molecule has 1 aromatic carbocycles. The van der Waals surface area contributed by atoms with Gasteiger partial charge in [-0.2, -0.15) is 0 Å². The molecule has 1 heterocycles. The van der Waals surface area contributed by atoms with Crippen molar-refractivity contribution in [1.29, 1.82) is 0 Å². The van der Waals surface area contributed by atoms with Crippen molar-refractivity contribution in [1.82, 2.24) is 4.98 Å². The summed E-state index contributed by atoms with van der Waals surface area (Å²) >= 11 is 1.61. The third kappa shape index (κ3) is 2.40. The van der Waals surface area contributed by atoms with Crippen LogP contribution >= 0.6 is 11.3 Å². The quantitative estimate of drug-likeness (QED) is 0.816. The van der Waals surface area contributed by atoms with Crippen LogP contribution < -0.4 is 4.74 Å². The zero-order valence-electron chi connectivity index (χ0n) is 9.27. The van der Waals surface area contributed by atoms with E-state index in [0.717, 1.165) is 22.0 Å². The largest absolute Gasteiger partial charge is 0.497 e. The second-order valence-electron chi connectivity index (χ2n) is 3.29. The van der Waals surface area contributed by atoms with Crippen LogP contribution in [0.5, 0.6) is 5.75 Å². The molecule has 0 spiro atoms. The predicted octanol–water partition coefficient (Wildman–Crippen LogP) is 2.97. The Bertz CT molecular complexity index is 450. The van der Waals surface area contributed by atoms with Gasteiger partial charge in [0.1, 0.15) is 10.8 Å². The van der Waals surface area contributed by atoms with Gasteiger partial charge in [0.05, 0.1) is 19.4 Å². The van der Waals surface area contributed by atoms with Crippen LogP contribution in [0.15, 0.2) is 29.6 Å². The molecule has 0 atom stereocenters. The third-order valence-electron chi connectivity index (χ3n) is 2.21. The van der Waals surface area contributed by atoms with E-state index in [2.05, 4.69) is 4.98 Å². The maximum atomic E-state index is 5.11. The number of rotatable bonds is 4. The van der Waals surface area contributed by atoms with Crippen molar-refractivity contribution in [2.75, 3.05) is 14.2 Å². The fourth-order valence-electron chi connectivity index (χ4n) is 1.40. The Morgan fingerprint density at radius 1 is 1.19 bits per heavy atom. The van der Waals surface area contributed by atoms with E-state index in [4.69, 9.17) is 9.47 Å². The van der Waals surface area contributed by atoms with Gasteiger partial charge in [-0.1, -0.05) is 0 Å². The molecule has 0 fully saturated rings. The number of thiazole rings is 1. The highest BCUT2D eigenvalue weighted by Gasteiger charge is 2.04. The lowest BCUT2D eigenvalue weighted by atomic mass is 10.2. The first-order chi connectivity index (χ1) is 7.83. The van der Waals surface area contributed by atoms with Gasteiger partial charge in [0.25, 0.3) is 0 Å². The summed E-state index contributed by atoms with van der Waals surface area (Å²) in [6.45, 7) is 0.570. The molecule has 0 aliphatic carbocycles. The molecule has 1 aromatic heterocycles. The molecule has 0 N–H and O–H groups in total. The highest BCUT2D eigenvalue weighted by atomic mass is 32.1. The molecule has 0 aliphatic rings. The Morgan fingerprint density at radius 3 is 2.56 bits per heavy atom. The van der Waals surface area contributed by atoms with E-state index in [1.54, 1.807) is 25.6 Å². The Kier molecular flexibility index (Phi) is 3.54. The van der Waals surface area contributed by atoms with Crippen LogP contribution in [0.3, 0.4) is 0 Å². The molecule has 0 saturated heterocycles. The second kappa shape index (κ2) is 5.09. The standard InChI is InChI=1S/C12H13NO2S/c1-14-7-12-13-11(8-16-12)9-3-5-10(15-2)6-4-9/h3-6,8H,7H2,1-2H3. The van der Waals surface area contributed by atoms with Crippen molar-refractivity contribution < 1.29 is 9.47 Å². The number of nitrogens with zero attached hydrogens (tertiary/aromatic N) is 1. The van der Waals surface area contributed by atoms with Gasteiger partial charge in [0.2, 0.25) is 0 Å². The Balaban J connectivity index is 2.21. The first kappa shape index (κ1) is 11.1. The summed E-state index contributed by atoms with van der Waals surface area (Å²) in [7, 11) is 3.34. The number of benzene rings is 1. The maximum Gasteiger partial charge on any atom is 0.119 e. The summed E-state index contributed by atoms with van der Waals surface area (Å²) in [5, 5.41) is 3.03. The summed E-state index contributed by atoms with van der Waals surface area (Å²) in [4.78, 5) is 4.48. The first-order valence-electron chi connectivity index (χ1n) is 4.91. The molecule has 84 valence electrons. The maximum absolute atomic E-state index is 5.11. The normalized spacial score (nSPS) is 10.4. The number of ether oxygens (including phenoxy) is 2. The lowest BCUT2D eigenvalue weighted by molar-refractivity contribution is 0.184. The minimum Gasteiger partial charge on any atom is -0.497 e. The van der Waals surface area contributed by atoms with E-state index in [1.165, 1.54) is 0 Å². The Labute approximate surface area is 98.7 Å². The van der Waals surface area contributed by atoms with Crippen molar-refractivity contribution in [2.24, 2.45) is 0 Å². The van der Waals surface area contributed by atoms with Crippen LogP contribution in [-0.2, 0) is 11.3 Å². The van der Waals surface area contributed by atoms with Crippen LogP contribution in [0.2, 0.25) is 0 Å². The topological polar surface area (TPSA) is 31.4 Å². The van der Waals surface area contributed by atoms with Crippen molar-refractivity contribution >= 4 is 11.3 Å². The van der Waals surface area contributed by atoms with Crippen LogP contribution in [0.25, 0.3) is 11.3 Å². The van der Waals surface area contributed by atoms with E-state index < -0.39 is 0 Å². The van der Waals surface area contributed by atoms with Gasteiger partial charge in [-0.05, 0) is 24.3 Å². The van der Waals surface area contributed by atoms with Crippen molar-refractivity contribution in [2.45, 2.75) is 6.61 Å². The number of hydrogen-bond acceptors (Lipinski definition) is 4. The smallest absolute Gasteiger partial charge is 0.119 e. The minimum absolute atomic E-state index is 0.570. The fourth-order valence-corrected chi connectivity index (χ4v) is 2.17. The number of aromatic nitrogens is 1. The molecule has 3 nitrogen and oxygen atoms in total. The van der Waals surface area contributed by atoms with Crippen molar-refractivity contribution in [3.05, 3.63) is 34.7 Å². The molecule has 0 aliphatic heterocycles. The summed E-state index contributed by atoms with van der Waals surface area (Å²) in [6, 6.07) is 7.88. The molecular weight excluding hydrogens is 222 g/mol. The molecule has 2 rings (SSSR count). The highest BCUT2D eigenvalue weighted by molar-refractivity contribution is 7.09. The zero-order valence-corrected chi connectivity index (χ0v) is 10.1. The van der Waals surface area contributed by atoms with Gasteiger partial charge in [-0.25, -0.2) is 4.98 Å². The van der Waals surface area contributed by atoms with E-state index in [0.29, 0.717) is 6.61 Å². The molecular formula is C12H13NO2S. The Hall–Kier alpha value is -1.39. The van der Waals surface area contributed by atoms with Gasteiger partial charge >= 0.3 is 0 Å². The number of hydrogen-bond donors (Lipinski definition) is 0. The molecule has 0 saturated carbocycles. The summed E-state index contributed by atoms with van der Waals surface area (Å²) in [5.74, 6) is 0.857. The molecule has 0 amide bonds. The molecule has 0 bridgehead atoms. The fraction of sp³-hybridized carbons (Fsp3) is 0.250. The van der Waals surface area contributed by atoms with Gasteiger partial charge in [-0.15, -0.1) is 11.3 Å². The van der Waals surface area contributed by atoms with Gasteiger partial charge in [0.15, 0.2) is 0 Å². The van der Waals surface area contributed by atoms with E-state index in [-0.39, 0.29) is 0 Å². The van der Waals surface area contributed by atoms with Gasteiger partial charge < -0.3 is 9.47 Å². The van der Waals surface area contributed by atoms with Gasteiger partial charge in [-0.3, -0.25) is 0 Å². The van der Waals surface area contributed by atoms with Crippen LogP contribution in [0, 0.1) is 0 Å². The molecule has 0 unspecified atom stereocenters. The predicted molar refractivity (Wildman–Crippen MR) is 64.8 cm³/mol. The lowest BCUT2D eigenvalue weighted by Crippen LogP contribution is -1.86. The lowest BCUT2D eigenvalue weighted by Gasteiger charge is -2.00. The minimum atomic E-state index is 0.570. The second-order valence-corrected chi connectivity index (χ2v) is 4.23. The highest BCUT2D eigenvalue weighted by Crippen LogP contribution is 2.24. The van der Waals surface area contributed by atoms with E-state index >= 15 is 0 Å². The number of methoxy groups -OCH3 is 2. The van der Waals surface area contributed by atoms with Gasteiger partial charge in [0, 0.05) is 18.1 Å². The first-order valence-corrected chi connectivity index (χ1v) is 5.79. The molecule has 16 heavy (non-hydrogen) atoms. The molecule has 4 heteroatoms. The van der Waals surface area contributed by atoms with Crippen LogP contribution in [0.4, 0.5) is 0 Å². The van der Waals surface area contributed by atoms with Crippen molar-refractivity contribution in [3.63, 3.8) is 0 Å². The Morgan fingerprint density at radius 2 is 1.94 bits per heavy atom. The SMILES string of the molecule is COCc1nc(-c2ccc(OC)cc2)cs1. The van der Waals surface area contributed by atoms with Crippen molar-refractivity contribution in [3.8, 4) is 17.0 Å². The average molecular weight is 235 g/mol. The van der Waals surface area contributed by atoms with Crippen LogP contribution in [-0.4, -0.2) is 19.2 Å². The average Bonchev–Trinajstić information content (AvgIpc) is 2.78. The molecule has 2 aromatic rings. The summed E-state index contributed by atoms with van der Waals surface area (Å²) in [6.07, 6.45) is 0. The third-order valence-corrected chi connectivity index (χ3v) is 3.03. The molecule has 0 radical (unpaired) electrons. The van der Waals surface area contributed by atoms with E-state index in [1.807, 2.05) is 29.6 Å². The summed E-state index contributed by atoms with van der Waals surface area (Å²) in [5.41, 5.74) is 2.08. The monoisotopic (exact) mass is 235 g/mol. The zero-order chi connectivity index (χ0) is 11.4.